The number of rotatable bonds is 5. The Morgan fingerprint density at radius 3 is 2.53 bits per heavy atom. The third-order valence-corrected chi connectivity index (χ3v) is 7.86. The molecule has 2 saturated heterocycles. The summed E-state index contributed by atoms with van der Waals surface area (Å²) in [6.07, 6.45) is 4.95. The van der Waals surface area contributed by atoms with Crippen molar-refractivity contribution in [3.05, 3.63) is 54.1 Å². The van der Waals surface area contributed by atoms with Gasteiger partial charge in [0.2, 0.25) is 5.91 Å². The van der Waals surface area contributed by atoms with E-state index in [2.05, 4.69) is 10.3 Å². The van der Waals surface area contributed by atoms with Crippen molar-refractivity contribution in [3.63, 3.8) is 0 Å². The fourth-order valence-electron chi connectivity index (χ4n) is 4.27. The van der Waals surface area contributed by atoms with Crippen LogP contribution in [0.25, 0.3) is 11.1 Å². The lowest BCUT2D eigenvalue weighted by molar-refractivity contribution is -0.137. The van der Waals surface area contributed by atoms with Gasteiger partial charge in [-0.05, 0) is 60.6 Å². The number of ether oxygens (including phenoxy) is 1. The standard InChI is InChI=1S/C22H25FN2O4S/c23-20-13-17(16-3-8-24-9-4-16)1-2-18(20)14-22(6-10-29-11-7-22)21(26)25-19-5-12-30(27,28)15-19/h1-4,8-9,13,19H,5-7,10-12,14-15H2,(H,25,26)/t19-/m0/s1. The fraction of sp³-hybridized carbons (Fsp3) is 0.455. The van der Waals surface area contributed by atoms with Crippen LogP contribution in [0.1, 0.15) is 24.8 Å². The van der Waals surface area contributed by atoms with Gasteiger partial charge in [0, 0.05) is 31.6 Å². The molecule has 2 aliphatic heterocycles. The molecule has 4 rings (SSSR count). The van der Waals surface area contributed by atoms with Crippen LogP contribution in [-0.4, -0.2) is 50.1 Å². The van der Waals surface area contributed by atoms with Crippen LogP contribution < -0.4 is 5.32 Å². The third-order valence-electron chi connectivity index (χ3n) is 6.09. The first-order chi connectivity index (χ1) is 14.4. The van der Waals surface area contributed by atoms with Crippen LogP contribution in [0.4, 0.5) is 4.39 Å². The number of pyridine rings is 1. The number of hydrogen-bond acceptors (Lipinski definition) is 5. The van der Waals surface area contributed by atoms with Crippen molar-refractivity contribution in [1.82, 2.24) is 10.3 Å². The number of sulfone groups is 1. The lowest BCUT2D eigenvalue weighted by Gasteiger charge is -2.36. The molecular weight excluding hydrogens is 407 g/mol. The maximum atomic E-state index is 15.0. The van der Waals surface area contributed by atoms with Gasteiger partial charge in [-0.2, -0.15) is 0 Å². The van der Waals surface area contributed by atoms with E-state index < -0.39 is 15.3 Å². The van der Waals surface area contributed by atoms with Gasteiger partial charge in [0.25, 0.3) is 0 Å². The maximum absolute atomic E-state index is 15.0. The highest BCUT2D eigenvalue weighted by Gasteiger charge is 2.42. The summed E-state index contributed by atoms with van der Waals surface area (Å²) in [4.78, 5) is 17.2. The first kappa shape index (κ1) is 20.9. The van der Waals surface area contributed by atoms with E-state index in [0.29, 0.717) is 38.0 Å². The molecule has 2 aliphatic rings. The van der Waals surface area contributed by atoms with Gasteiger partial charge in [-0.1, -0.05) is 12.1 Å². The van der Waals surface area contributed by atoms with E-state index in [0.717, 1.165) is 11.1 Å². The summed E-state index contributed by atoms with van der Waals surface area (Å²) >= 11 is 0. The molecule has 0 bridgehead atoms. The normalized spacial score (nSPS) is 22.5. The average molecular weight is 433 g/mol. The Hall–Kier alpha value is -2.32. The SMILES string of the molecule is O=C(N[C@H]1CCS(=O)(=O)C1)C1(Cc2ccc(-c3ccncc3)cc2F)CCOCC1. The second-order valence-electron chi connectivity index (χ2n) is 8.18. The molecule has 0 aliphatic carbocycles. The maximum Gasteiger partial charge on any atom is 0.226 e. The first-order valence-electron chi connectivity index (χ1n) is 10.1. The molecule has 0 saturated carbocycles. The second-order valence-corrected chi connectivity index (χ2v) is 10.4. The Kier molecular flexibility index (Phi) is 5.88. The van der Waals surface area contributed by atoms with Crippen LogP contribution >= 0.6 is 0 Å². The molecule has 1 aromatic heterocycles. The molecule has 160 valence electrons. The van der Waals surface area contributed by atoms with Gasteiger partial charge in [-0.25, -0.2) is 12.8 Å². The van der Waals surface area contributed by atoms with Crippen molar-refractivity contribution < 1.29 is 22.3 Å². The molecule has 6 nitrogen and oxygen atoms in total. The summed E-state index contributed by atoms with van der Waals surface area (Å²) in [6, 6.07) is 8.33. The molecular formula is C22H25FN2O4S. The van der Waals surface area contributed by atoms with Crippen molar-refractivity contribution in [2.45, 2.75) is 31.7 Å². The van der Waals surface area contributed by atoms with Crippen molar-refractivity contribution in [3.8, 4) is 11.1 Å². The smallest absolute Gasteiger partial charge is 0.226 e. The molecule has 0 radical (unpaired) electrons. The van der Waals surface area contributed by atoms with E-state index in [1.807, 2.05) is 18.2 Å². The molecule has 1 amide bonds. The zero-order valence-corrected chi connectivity index (χ0v) is 17.5. The van der Waals surface area contributed by atoms with Gasteiger partial charge in [0.05, 0.1) is 16.9 Å². The zero-order chi connectivity index (χ0) is 21.2. The molecule has 0 unspecified atom stereocenters. The number of carbonyl (C=O) groups is 1. The number of hydrogen-bond donors (Lipinski definition) is 1. The molecule has 0 spiro atoms. The van der Waals surface area contributed by atoms with Gasteiger partial charge in [-0.3, -0.25) is 9.78 Å². The molecule has 30 heavy (non-hydrogen) atoms. The Labute approximate surface area is 175 Å². The number of nitrogens with zero attached hydrogens (tertiary/aromatic N) is 1. The topological polar surface area (TPSA) is 85.4 Å². The van der Waals surface area contributed by atoms with Crippen molar-refractivity contribution in [1.29, 1.82) is 0 Å². The highest BCUT2D eigenvalue weighted by Crippen LogP contribution is 2.36. The quantitative estimate of drug-likeness (QED) is 0.785. The molecule has 3 heterocycles. The largest absolute Gasteiger partial charge is 0.381 e. The number of carbonyl (C=O) groups excluding carboxylic acids is 1. The van der Waals surface area contributed by atoms with Gasteiger partial charge >= 0.3 is 0 Å². The number of halogens is 1. The Balaban J connectivity index is 1.55. The first-order valence-corrected chi connectivity index (χ1v) is 12.0. The van der Waals surface area contributed by atoms with Crippen LogP contribution in [0, 0.1) is 11.2 Å². The van der Waals surface area contributed by atoms with E-state index in [9.17, 15) is 17.6 Å². The second kappa shape index (κ2) is 8.43. The molecule has 1 aromatic carbocycles. The predicted octanol–water partition coefficient (Wildman–Crippen LogP) is 2.53. The van der Waals surface area contributed by atoms with E-state index in [-0.39, 0.29) is 35.7 Å². The molecule has 2 aromatic rings. The van der Waals surface area contributed by atoms with Crippen molar-refractivity contribution in [2.24, 2.45) is 5.41 Å². The van der Waals surface area contributed by atoms with E-state index >= 15 is 0 Å². The van der Waals surface area contributed by atoms with E-state index in [4.69, 9.17) is 4.74 Å². The third kappa shape index (κ3) is 4.54. The van der Waals surface area contributed by atoms with Gasteiger partial charge < -0.3 is 10.1 Å². The van der Waals surface area contributed by atoms with Crippen LogP contribution in [0.15, 0.2) is 42.7 Å². The van der Waals surface area contributed by atoms with Crippen LogP contribution in [0.5, 0.6) is 0 Å². The number of benzene rings is 1. The van der Waals surface area contributed by atoms with Gasteiger partial charge in [-0.15, -0.1) is 0 Å². The minimum atomic E-state index is -3.09. The van der Waals surface area contributed by atoms with Crippen molar-refractivity contribution >= 4 is 15.7 Å². The number of nitrogens with one attached hydrogen (secondary N) is 1. The molecule has 1 N–H and O–H groups in total. The minimum Gasteiger partial charge on any atom is -0.381 e. The molecule has 8 heteroatoms. The van der Waals surface area contributed by atoms with Crippen LogP contribution in [-0.2, 0) is 25.8 Å². The summed E-state index contributed by atoms with van der Waals surface area (Å²) in [7, 11) is -3.09. The summed E-state index contributed by atoms with van der Waals surface area (Å²) < 4.78 is 43.9. The summed E-state index contributed by atoms with van der Waals surface area (Å²) in [5.41, 5.74) is 1.30. The van der Waals surface area contributed by atoms with Crippen LogP contribution in [0.2, 0.25) is 0 Å². The highest BCUT2D eigenvalue weighted by atomic mass is 32.2. The number of amides is 1. The molecule has 1 atom stereocenters. The monoisotopic (exact) mass is 432 g/mol. The zero-order valence-electron chi connectivity index (χ0n) is 16.6. The summed E-state index contributed by atoms with van der Waals surface area (Å²) in [5.74, 6) is -0.489. The van der Waals surface area contributed by atoms with Gasteiger partial charge in [0.1, 0.15) is 5.82 Å². The lowest BCUT2D eigenvalue weighted by atomic mass is 9.74. The van der Waals surface area contributed by atoms with Gasteiger partial charge in [0.15, 0.2) is 9.84 Å². The minimum absolute atomic E-state index is 0.0275. The summed E-state index contributed by atoms with van der Waals surface area (Å²) in [6.45, 7) is 0.847. The fourth-order valence-corrected chi connectivity index (χ4v) is 5.95. The van der Waals surface area contributed by atoms with E-state index in [1.165, 1.54) is 6.07 Å². The Morgan fingerprint density at radius 2 is 1.90 bits per heavy atom. The molecule has 2 fully saturated rings. The number of aromatic nitrogens is 1. The Bertz CT molecular complexity index is 1020. The predicted molar refractivity (Wildman–Crippen MR) is 111 cm³/mol. The lowest BCUT2D eigenvalue weighted by Crippen LogP contribution is -2.49. The van der Waals surface area contributed by atoms with Crippen molar-refractivity contribution in [2.75, 3.05) is 24.7 Å². The average Bonchev–Trinajstić information content (AvgIpc) is 3.09. The highest BCUT2D eigenvalue weighted by molar-refractivity contribution is 7.91. The van der Waals surface area contributed by atoms with E-state index in [1.54, 1.807) is 18.5 Å². The summed E-state index contributed by atoms with van der Waals surface area (Å²) in [5, 5.41) is 2.92. The Morgan fingerprint density at radius 1 is 1.17 bits per heavy atom. The van der Waals surface area contributed by atoms with Crippen LogP contribution in [0.3, 0.4) is 0 Å².